The van der Waals surface area contributed by atoms with Crippen molar-refractivity contribution in [2.45, 2.75) is 18.7 Å². The molecule has 2 aromatic carbocycles. The van der Waals surface area contributed by atoms with Crippen LogP contribution < -0.4 is 9.47 Å². The first-order valence-corrected chi connectivity index (χ1v) is 10.8. The number of benzene rings is 2. The molecule has 0 unspecified atom stereocenters. The Bertz CT molecular complexity index is 969. The smallest absolute Gasteiger partial charge is 0.254 e. The van der Waals surface area contributed by atoms with Crippen molar-refractivity contribution in [3.05, 3.63) is 53.1 Å². The van der Waals surface area contributed by atoms with Crippen LogP contribution in [0.1, 0.15) is 21.5 Å². The van der Waals surface area contributed by atoms with Crippen molar-refractivity contribution in [2.75, 3.05) is 40.4 Å². The quantitative estimate of drug-likeness (QED) is 0.746. The van der Waals surface area contributed by atoms with Crippen LogP contribution >= 0.6 is 0 Å². The molecule has 1 saturated heterocycles. The summed E-state index contributed by atoms with van der Waals surface area (Å²) in [7, 11) is -0.471. The van der Waals surface area contributed by atoms with Crippen LogP contribution in [-0.2, 0) is 10.0 Å². The fraction of sp³-hybridized carbons (Fsp3) is 0.381. The molecule has 0 aromatic heterocycles. The molecular weight excluding hydrogens is 392 g/mol. The highest BCUT2D eigenvalue weighted by Crippen LogP contribution is 2.30. The van der Waals surface area contributed by atoms with E-state index in [0.717, 1.165) is 11.1 Å². The van der Waals surface area contributed by atoms with Gasteiger partial charge in [-0.2, -0.15) is 4.31 Å². The van der Waals surface area contributed by atoms with Gasteiger partial charge in [0.2, 0.25) is 10.0 Å². The van der Waals surface area contributed by atoms with Crippen LogP contribution in [0.25, 0.3) is 0 Å². The van der Waals surface area contributed by atoms with E-state index < -0.39 is 10.0 Å². The summed E-state index contributed by atoms with van der Waals surface area (Å²) >= 11 is 0. The maximum atomic E-state index is 13.0. The van der Waals surface area contributed by atoms with E-state index in [-0.39, 0.29) is 23.9 Å². The van der Waals surface area contributed by atoms with Crippen molar-refractivity contribution in [1.82, 2.24) is 9.21 Å². The van der Waals surface area contributed by atoms with Crippen LogP contribution in [0.15, 0.2) is 41.3 Å². The molecule has 0 radical (unpaired) electrons. The molecule has 1 amide bonds. The summed E-state index contributed by atoms with van der Waals surface area (Å²) in [4.78, 5) is 14.9. The second kappa shape index (κ2) is 8.42. The van der Waals surface area contributed by atoms with E-state index in [1.54, 1.807) is 55.5 Å². The van der Waals surface area contributed by atoms with Crippen LogP contribution in [0.4, 0.5) is 0 Å². The van der Waals surface area contributed by atoms with Gasteiger partial charge in [-0.15, -0.1) is 0 Å². The number of nitrogens with zero attached hydrogens (tertiary/aromatic N) is 2. The Labute approximate surface area is 171 Å². The number of methoxy groups -OCH3 is 2. The average molecular weight is 419 g/mol. The lowest BCUT2D eigenvalue weighted by atomic mass is 10.1. The van der Waals surface area contributed by atoms with Crippen LogP contribution in [-0.4, -0.2) is 63.9 Å². The summed E-state index contributed by atoms with van der Waals surface area (Å²) in [6, 6.07) is 10.2. The summed E-state index contributed by atoms with van der Waals surface area (Å²) in [5.41, 5.74) is 2.28. The van der Waals surface area contributed by atoms with E-state index in [0.29, 0.717) is 30.2 Å². The highest BCUT2D eigenvalue weighted by Gasteiger charge is 2.30. The van der Waals surface area contributed by atoms with Crippen molar-refractivity contribution in [3.63, 3.8) is 0 Å². The lowest BCUT2D eigenvalue weighted by molar-refractivity contribution is 0.0697. The van der Waals surface area contributed by atoms with Gasteiger partial charge >= 0.3 is 0 Å². The van der Waals surface area contributed by atoms with E-state index >= 15 is 0 Å². The molecule has 1 fully saturated rings. The lowest BCUT2D eigenvalue weighted by Gasteiger charge is -2.34. The number of amides is 1. The number of rotatable bonds is 5. The highest BCUT2D eigenvalue weighted by atomic mass is 32.2. The fourth-order valence-corrected chi connectivity index (χ4v) is 4.81. The summed E-state index contributed by atoms with van der Waals surface area (Å²) in [6.45, 7) is 4.92. The second-order valence-electron chi connectivity index (χ2n) is 7.02. The predicted molar refractivity (Wildman–Crippen MR) is 110 cm³/mol. The summed E-state index contributed by atoms with van der Waals surface area (Å²) < 4.78 is 37.8. The molecule has 0 saturated carbocycles. The molecule has 1 aliphatic rings. The van der Waals surface area contributed by atoms with Gasteiger partial charge in [0, 0.05) is 37.3 Å². The van der Waals surface area contributed by atoms with E-state index in [9.17, 15) is 13.2 Å². The number of piperazine rings is 1. The van der Waals surface area contributed by atoms with Gasteiger partial charge in [-0.05, 0) is 38.1 Å². The summed E-state index contributed by atoms with van der Waals surface area (Å²) in [5, 5.41) is 0. The second-order valence-corrected chi connectivity index (χ2v) is 8.95. The van der Waals surface area contributed by atoms with Crippen molar-refractivity contribution < 1.29 is 22.7 Å². The van der Waals surface area contributed by atoms with Crippen LogP contribution in [0.5, 0.6) is 11.5 Å². The maximum Gasteiger partial charge on any atom is 0.254 e. The van der Waals surface area contributed by atoms with Gasteiger partial charge < -0.3 is 14.4 Å². The molecule has 1 aliphatic heterocycles. The van der Waals surface area contributed by atoms with Crippen LogP contribution in [0.2, 0.25) is 0 Å². The van der Waals surface area contributed by atoms with Gasteiger partial charge in [0.1, 0.15) is 11.5 Å². The third-order valence-electron chi connectivity index (χ3n) is 5.18. The number of carbonyl (C=O) groups is 1. The van der Waals surface area contributed by atoms with Crippen molar-refractivity contribution in [2.24, 2.45) is 0 Å². The Hall–Kier alpha value is -2.58. The first kappa shape index (κ1) is 21.1. The van der Waals surface area contributed by atoms with Crippen molar-refractivity contribution in [3.8, 4) is 11.5 Å². The molecule has 8 heteroatoms. The number of aryl methyl sites for hydroxylation is 1. The van der Waals surface area contributed by atoms with Crippen molar-refractivity contribution >= 4 is 15.9 Å². The number of carbonyl (C=O) groups excluding carboxylic acids is 1. The number of sulfonamides is 1. The Morgan fingerprint density at radius 1 is 0.897 bits per heavy atom. The molecule has 0 aliphatic carbocycles. The molecule has 3 rings (SSSR count). The minimum atomic E-state index is -3.56. The largest absolute Gasteiger partial charge is 0.496 e. The van der Waals surface area contributed by atoms with Crippen molar-refractivity contribution in [1.29, 1.82) is 0 Å². The highest BCUT2D eigenvalue weighted by molar-refractivity contribution is 7.89. The third-order valence-corrected chi connectivity index (χ3v) is 7.10. The predicted octanol–water partition coefficient (Wildman–Crippen LogP) is 2.47. The molecule has 0 atom stereocenters. The summed E-state index contributed by atoms with van der Waals surface area (Å²) in [5.74, 6) is 0.982. The Kier molecular flexibility index (Phi) is 6.14. The van der Waals surface area contributed by atoms with Gasteiger partial charge in [-0.25, -0.2) is 8.42 Å². The molecule has 0 bridgehead atoms. The first-order valence-electron chi connectivity index (χ1n) is 9.36. The van der Waals surface area contributed by atoms with Gasteiger partial charge in [0.25, 0.3) is 5.91 Å². The van der Waals surface area contributed by atoms with E-state index in [4.69, 9.17) is 9.47 Å². The molecule has 156 valence electrons. The van der Waals surface area contributed by atoms with E-state index in [1.165, 1.54) is 4.31 Å². The Balaban J connectivity index is 1.74. The zero-order chi connectivity index (χ0) is 21.2. The fourth-order valence-electron chi connectivity index (χ4n) is 3.38. The SMILES string of the molecule is COc1cc(C(=O)N2CCN(S(=O)(=O)c3ccc(C)cc3)CC2)cc(OC)c1C. The molecule has 2 aromatic rings. The van der Waals surface area contributed by atoms with Crippen LogP contribution in [0.3, 0.4) is 0 Å². The minimum Gasteiger partial charge on any atom is -0.496 e. The van der Waals surface area contributed by atoms with E-state index in [1.807, 2.05) is 13.8 Å². The van der Waals surface area contributed by atoms with Gasteiger partial charge in [-0.3, -0.25) is 4.79 Å². The normalized spacial score (nSPS) is 15.2. The number of hydrogen-bond acceptors (Lipinski definition) is 5. The Morgan fingerprint density at radius 3 is 1.90 bits per heavy atom. The van der Waals surface area contributed by atoms with Crippen LogP contribution in [0, 0.1) is 13.8 Å². The molecule has 1 heterocycles. The lowest BCUT2D eigenvalue weighted by Crippen LogP contribution is -2.50. The van der Waals surface area contributed by atoms with E-state index in [2.05, 4.69) is 0 Å². The zero-order valence-corrected chi connectivity index (χ0v) is 18.0. The monoisotopic (exact) mass is 418 g/mol. The number of ether oxygens (including phenoxy) is 2. The topological polar surface area (TPSA) is 76.2 Å². The van der Waals surface area contributed by atoms with Gasteiger partial charge in [-0.1, -0.05) is 17.7 Å². The molecular formula is C21H26N2O5S. The maximum absolute atomic E-state index is 13.0. The molecule has 29 heavy (non-hydrogen) atoms. The van der Waals surface area contributed by atoms with Gasteiger partial charge in [0.05, 0.1) is 19.1 Å². The zero-order valence-electron chi connectivity index (χ0n) is 17.1. The third kappa shape index (κ3) is 4.23. The molecule has 0 spiro atoms. The Morgan fingerprint density at radius 2 is 1.41 bits per heavy atom. The minimum absolute atomic E-state index is 0.172. The first-order chi connectivity index (χ1) is 13.8. The standard InChI is InChI=1S/C21H26N2O5S/c1-15-5-7-18(8-6-15)29(25,26)23-11-9-22(10-12-23)21(24)17-13-19(27-3)16(2)20(14-17)28-4/h5-8,13-14H,9-12H2,1-4H3. The molecule has 7 nitrogen and oxygen atoms in total. The number of hydrogen-bond donors (Lipinski definition) is 0. The van der Waals surface area contributed by atoms with Gasteiger partial charge in [0.15, 0.2) is 0 Å². The molecule has 0 N–H and O–H groups in total. The summed E-state index contributed by atoms with van der Waals surface area (Å²) in [6.07, 6.45) is 0. The average Bonchev–Trinajstić information content (AvgIpc) is 2.73.